The Bertz CT molecular complexity index is 745. The number of ketones is 1. The molecule has 132 valence electrons. The Balaban J connectivity index is 1.67. The highest BCUT2D eigenvalue weighted by atomic mass is 35.5. The van der Waals surface area contributed by atoms with Crippen molar-refractivity contribution >= 4 is 34.9 Å². The Morgan fingerprint density at radius 3 is 2.44 bits per heavy atom. The zero-order chi connectivity index (χ0) is 18.2. The fourth-order valence-electron chi connectivity index (χ4n) is 2.16. The molecule has 2 aromatic carbocycles. The quantitative estimate of drug-likeness (QED) is 0.535. The van der Waals surface area contributed by atoms with E-state index in [4.69, 9.17) is 27.9 Å². The molecule has 1 amide bonds. The van der Waals surface area contributed by atoms with Crippen molar-refractivity contribution in [2.24, 2.45) is 0 Å². The number of carbonyl (C=O) groups is 2. The molecule has 0 aliphatic heterocycles. The summed E-state index contributed by atoms with van der Waals surface area (Å²) in [5.74, 6) is 0.629. The molecule has 6 heteroatoms. The number of carbonyl (C=O) groups excluding carboxylic acids is 2. The van der Waals surface area contributed by atoms with Crippen LogP contribution < -0.4 is 10.1 Å². The summed E-state index contributed by atoms with van der Waals surface area (Å²) in [6.45, 7) is 2.31. The molecule has 2 aromatic rings. The largest absolute Gasteiger partial charge is 0.494 e. The van der Waals surface area contributed by atoms with Crippen LogP contribution in [0.3, 0.4) is 0 Å². The lowest BCUT2D eigenvalue weighted by Crippen LogP contribution is -2.23. The second-order valence-corrected chi connectivity index (χ2v) is 6.39. The number of rotatable bonds is 8. The first kappa shape index (κ1) is 19.3. The van der Waals surface area contributed by atoms with Crippen LogP contribution in [0.1, 0.15) is 35.7 Å². The van der Waals surface area contributed by atoms with E-state index in [1.165, 1.54) is 6.92 Å². The van der Waals surface area contributed by atoms with E-state index in [-0.39, 0.29) is 11.7 Å². The van der Waals surface area contributed by atoms with Crippen molar-refractivity contribution in [3.8, 4) is 5.75 Å². The Labute approximate surface area is 157 Å². The predicted molar refractivity (Wildman–Crippen MR) is 99.5 cm³/mol. The molecule has 2 rings (SSSR count). The van der Waals surface area contributed by atoms with Crippen LogP contribution in [0.25, 0.3) is 0 Å². The monoisotopic (exact) mass is 379 g/mol. The van der Waals surface area contributed by atoms with Crippen molar-refractivity contribution in [1.82, 2.24) is 5.32 Å². The molecule has 0 aromatic heterocycles. The fraction of sp³-hybridized carbons (Fsp3) is 0.263. The molecule has 0 spiro atoms. The van der Waals surface area contributed by atoms with Crippen molar-refractivity contribution in [3.05, 3.63) is 63.6 Å². The number of ether oxygens (including phenoxy) is 1. The molecule has 0 atom stereocenters. The number of hydrogen-bond donors (Lipinski definition) is 1. The van der Waals surface area contributed by atoms with Gasteiger partial charge in [0.1, 0.15) is 5.75 Å². The molecule has 0 radical (unpaired) electrons. The molecule has 0 aliphatic rings. The molecule has 4 nitrogen and oxygen atoms in total. The minimum atomic E-state index is -0.0680. The van der Waals surface area contributed by atoms with Gasteiger partial charge in [-0.15, -0.1) is 0 Å². The van der Waals surface area contributed by atoms with Gasteiger partial charge in [-0.25, -0.2) is 0 Å². The summed E-state index contributed by atoms with van der Waals surface area (Å²) in [5.41, 5.74) is 1.47. The van der Waals surface area contributed by atoms with Crippen molar-refractivity contribution in [2.75, 3.05) is 6.61 Å². The first-order valence-corrected chi connectivity index (χ1v) is 8.66. The van der Waals surface area contributed by atoms with E-state index < -0.39 is 0 Å². The normalized spacial score (nSPS) is 10.4. The van der Waals surface area contributed by atoms with Crippen LogP contribution in [0.5, 0.6) is 5.75 Å². The first-order valence-electron chi connectivity index (χ1n) is 7.90. The molecule has 0 aliphatic carbocycles. The van der Waals surface area contributed by atoms with Crippen molar-refractivity contribution < 1.29 is 14.3 Å². The molecule has 0 unspecified atom stereocenters. The van der Waals surface area contributed by atoms with Gasteiger partial charge in [0.15, 0.2) is 5.78 Å². The van der Waals surface area contributed by atoms with Crippen molar-refractivity contribution in [3.63, 3.8) is 0 Å². The number of nitrogens with one attached hydrogen (secondary N) is 1. The average molecular weight is 380 g/mol. The molecular formula is C19H19Cl2NO3. The molecule has 0 bridgehead atoms. The molecular weight excluding hydrogens is 361 g/mol. The molecule has 0 heterocycles. The Morgan fingerprint density at radius 2 is 1.80 bits per heavy atom. The first-order chi connectivity index (χ1) is 12.0. The zero-order valence-electron chi connectivity index (χ0n) is 13.9. The maximum Gasteiger partial charge on any atom is 0.220 e. The lowest BCUT2D eigenvalue weighted by atomic mass is 10.1. The fourth-order valence-corrected chi connectivity index (χ4v) is 2.63. The summed E-state index contributed by atoms with van der Waals surface area (Å²) in [7, 11) is 0. The van der Waals surface area contributed by atoms with Gasteiger partial charge in [-0.2, -0.15) is 0 Å². The summed E-state index contributed by atoms with van der Waals surface area (Å²) in [6, 6.07) is 12.1. The molecule has 1 N–H and O–H groups in total. The third-order valence-electron chi connectivity index (χ3n) is 3.57. The summed E-state index contributed by atoms with van der Waals surface area (Å²) in [4.78, 5) is 23.0. The van der Waals surface area contributed by atoms with Gasteiger partial charge in [-0.3, -0.25) is 9.59 Å². The van der Waals surface area contributed by atoms with Crippen LogP contribution in [0.2, 0.25) is 10.0 Å². The van der Waals surface area contributed by atoms with Gasteiger partial charge in [0.25, 0.3) is 0 Å². The van der Waals surface area contributed by atoms with Crippen LogP contribution in [0.4, 0.5) is 0 Å². The highest BCUT2D eigenvalue weighted by Crippen LogP contribution is 2.20. The molecule has 0 saturated carbocycles. The van der Waals surface area contributed by atoms with Gasteiger partial charge < -0.3 is 10.1 Å². The van der Waals surface area contributed by atoms with Gasteiger partial charge in [0, 0.05) is 28.6 Å². The molecule has 0 saturated heterocycles. The van der Waals surface area contributed by atoms with E-state index in [0.717, 1.165) is 5.56 Å². The van der Waals surface area contributed by atoms with Gasteiger partial charge in [-0.05, 0) is 55.3 Å². The van der Waals surface area contributed by atoms with Crippen molar-refractivity contribution in [2.45, 2.75) is 26.3 Å². The van der Waals surface area contributed by atoms with Gasteiger partial charge in [-0.1, -0.05) is 29.3 Å². The van der Waals surface area contributed by atoms with E-state index in [2.05, 4.69) is 5.32 Å². The van der Waals surface area contributed by atoms with Crippen LogP contribution in [0, 0.1) is 0 Å². The van der Waals surface area contributed by atoms with Crippen LogP contribution in [-0.4, -0.2) is 18.3 Å². The molecule has 0 fully saturated rings. The summed E-state index contributed by atoms with van der Waals surface area (Å²) in [6.07, 6.45) is 0.950. The van der Waals surface area contributed by atoms with Gasteiger partial charge in [0.2, 0.25) is 5.91 Å². The number of halogens is 2. The van der Waals surface area contributed by atoms with E-state index >= 15 is 0 Å². The van der Waals surface area contributed by atoms with E-state index in [9.17, 15) is 9.59 Å². The lowest BCUT2D eigenvalue weighted by Gasteiger charge is -2.08. The highest BCUT2D eigenvalue weighted by molar-refractivity contribution is 6.35. The van der Waals surface area contributed by atoms with E-state index in [1.54, 1.807) is 42.5 Å². The third-order valence-corrected chi connectivity index (χ3v) is 4.16. The number of benzene rings is 2. The third kappa shape index (κ3) is 6.40. The van der Waals surface area contributed by atoms with E-state index in [1.807, 2.05) is 0 Å². The Hall–Kier alpha value is -2.04. The smallest absolute Gasteiger partial charge is 0.220 e. The van der Waals surface area contributed by atoms with E-state index in [0.29, 0.717) is 47.4 Å². The lowest BCUT2D eigenvalue weighted by molar-refractivity contribution is -0.121. The standard InChI is InChI=1S/C19H19Cl2NO3/c1-13(23)14-5-8-17(9-6-14)25-10-2-3-19(24)22-12-15-4-7-16(20)11-18(15)21/h4-9,11H,2-3,10,12H2,1H3,(H,22,24). The predicted octanol–water partition coefficient (Wildman–Crippen LogP) is 4.67. The maximum atomic E-state index is 11.9. The number of Topliss-reactive ketones (excluding diaryl/α,β-unsaturated/α-hetero) is 1. The van der Waals surface area contributed by atoms with Crippen LogP contribution in [-0.2, 0) is 11.3 Å². The van der Waals surface area contributed by atoms with Gasteiger partial charge in [0.05, 0.1) is 6.61 Å². The molecule has 25 heavy (non-hydrogen) atoms. The Kier molecular flexibility index (Phi) is 7.29. The van der Waals surface area contributed by atoms with Crippen molar-refractivity contribution in [1.29, 1.82) is 0 Å². The topological polar surface area (TPSA) is 55.4 Å². The minimum Gasteiger partial charge on any atom is -0.494 e. The van der Waals surface area contributed by atoms with Crippen LogP contribution in [0.15, 0.2) is 42.5 Å². The second-order valence-electron chi connectivity index (χ2n) is 5.55. The average Bonchev–Trinajstić information content (AvgIpc) is 2.58. The Morgan fingerprint density at radius 1 is 1.08 bits per heavy atom. The SMILES string of the molecule is CC(=O)c1ccc(OCCCC(=O)NCc2ccc(Cl)cc2Cl)cc1. The van der Waals surface area contributed by atoms with Gasteiger partial charge >= 0.3 is 0 Å². The zero-order valence-corrected chi connectivity index (χ0v) is 15.4. The van der Waals surface area contributed by atoms with Crippen LogP contribution >= 0.6 is 23.2 Å². The summed E-state index contributed by atoms with van der Waals surface area (Å²) < 4.78 is 5.56. The highest BCUT2D eigenvalue weighted by Gasteiger charge is 2.05. The minimum absolute atomic E-state index is 0.0176. The summed E-state index contributed by atoms with van der Waals surface area (Å²) in [5, 5.41) is 3.91. The number of amides is 1. The second kappa shape index (κ2) is 9.44. The number of hydrogen-bond acceptors (Lipinski definition) is 3. The maximum absolute atomic E-state index is 11.9. The summed E-state index contributed by atoms with van der Waals surface area (Å²) >= 11 is 11.9.